The lowest BCUT2D eigenvalue weighted by Crippen LogP contribution is -2.52. The minimum atomic E-state index is -4.07. The van der Waals surface area contributed by atoms with Crippen LogP contribution in [0.3, 0.4) is 0 Å². The Bertz CT molecular complexity index is 5940. The molecular weight excluding hydrogens is 1950 g/mol. The summed E-state index contributed by atoms with van der Waals surface area (Å²) in [5.41, 5.74) is 9.92. The highest BCUT2D eigenvalue weighted by Gasteiger charge is 2.38. The zero-order valence-corrected chi connectivity index (χ0v) is 85.8. The van der Waals surface area contributed by atoms with Gasteiger partial charge in [-0.3, -0.25) is 52.7 Å². The van der Waals surface area contributed by atoms with Gasteiger partial charge in [-0.15, -0.1) is 0 Å². The summed E-state index contributed by atoms with van der Waals surface area (Å²) in [4.78, 5) is 174. The maximum absolute atomic E-state index is 14.3. The van der Waals surface area contributed by atoms with E-state index in [4.69, 9.17) is 35.3 Å². The molecule has 5 N–H and O–H groups in total. The third kappa shape index (κ3) is 33.4. The second-order valence-corrected chi connectivity index (χ2v) is 41.7. The van der Waals surface area contributed by atoms with E-state index in [0.29, 0.717) is 82.9 Å². The van der Waals surface area contributed by atoms with Crippen LogP contribution in [0.5, 0.6) is 0 Å². The Labute approximate surface area is 858 Å². The van der Waals surface area contributed by atoms with Crippen molar-refractivity contribution in [1.82, 2.24) is 67.2 Å². The summed E-state index contributed by atoms with van der Waals surface area (Å²) < 4.78 is 102. The smallest absolute Gasteiger partial charge is 0.410 e. The highest BCUT2D eigenvalue weighted by atomic mass is 35.5. The predicted octanol–water partition coefficient (Wildman–Crippen LogP) is 9.46. The number of carbonyl (C=O) groups excluding carboxylic acids is 13. The number of morpholine rings is 2. The molecule has 8 fully saturated rings. The molecule has 10 heterocycles. The Morgan fingerprint density at radius 1 is 0.418 bits per heavy atom. The zero-order valence-electron chi connectivity index (χ0n) is 83.4. The predicted molar refractivity (Wildman–Crippen MR) is 546 cm³/mol. The van der Waals surface area contributed by atoms with Crippen LogP contribution < -0.4 is 20.1 Å². The van der Waals surface area contributed by atoms with E-state index < -0.39 is 72.9 Å². The van der Waals surface area contributed by atoms with Crippen molar-refractivity contribution in [2.75, 3.05) is 184 Å². The zero-order chi connectivity index (χ0) is 104. The molecule has 6 aromatic rings. The minimum absolute atomic E-state index is 0. The molecule has 0 bridgehead atoms. The lowest BCUT2D eigenvalue weighted by atomic mass is 9.81. The van der Waals surface area contributed by atoms with Gasteiger partial charge in [0.2, 0.25) is 0 Å². The Morgan fingerprint density at radius 2 is 0.740 bits per heavy atom. The van der Waals surface area contributed by atoms with E-state index >= 15 is 0 Å². The number of carboxylic acid groups (broad SMARTS) is 1. The molecule has 8 amide bonds. The first kappa shape index (κ1) is 117. The Balaban J connectivity index is 0.000000218. The number of carbonyl (C=O) groups is 14. The van der Waals surface area contributed by atoms with Gasteiger partial charge in [-0.25, -0.2) is 23.8 Å². The summed E-state index contributed by atoms with van der Waals surface area (Å²) in [5, 5.41) is 17.6. The van der Waals surface area contributed by atoms with Gasteiger partial charge < -0.3 is 92.2 Å². The number of nitrogens with one attached hydrogen (secondary N) is 4. The molecule has 16 rings (SSSR count). The monoisotopic (exact) mass is 2090 g/mol. The topological polar surface area (TPSA) is 485 Å². The quantitative estimate of drug-likeness (QED) is 0.0303. The van der Waals surface area contributed by atoms with Crippen LogP contribution in [0.4, 0.5) is 9.59 Å². The van der Waals surface area contributed by atoms with E-state index in [-0.39, 0.29) is 165 Å². The molecule has 0 unspecified atom stereocenters. The van der Waals surface area contributed by atoms with Gasteiger partial charge in [0, 0.05) is 208 Å². The molecule has 6 saturated heterocycles. The van der Waals surface area contributed by atoms with Gasteiger partial charge in [0.05, 0.1) is 56.5 Å². The van der Waals surface area contributed by atoms with Crippen LogP contribution in [0.1, 0.15) is 203 Å². The Kier molecular flexibility index (Phi) is 43.8. The van der Waals surface area contributed by atoms with E-state index in [1.54, 1.807) is 59.7 Å². The number of esters is 4. The number of hydrogen-bond donors (Lipinski definition) is 5. The number of aromatic nitrogens is 2. The number of carboxylic acids is 1. The number of piperazine rings is 4. The van der Waals surface area contributed by atoms with Crippen molar-refractivity contribution in [3.05, 3.63) is 129 Å². The highest BCUT2D eigenvalue weighted by molar-refractivity contribution is 7.88. The van der Waals surface area contributed by atoms with Crippen molar-refractivity contribution in [1.29, 1.82) is 0 Å². The van der Waals surface area contributed by atoms with E-state index in [1.807, 2.05) is 107 Å². The van der Waals surface area contributed by atoms with E-state index in [9.17, 15) is 89.1 Å². The number of hydrogen-bond acceptors (Lipinski definition) is 28. The summed E-state index contributed by atoms with van der Waals surface area (Å²) in [5.74, 6) is -4.54. The second-order valence-electron chi connectivity index (χ2n) is 37.9. The molecule has 146 heavy (non-hydrogen) atoms. The fraction of sp³-hybridized carbons (Fsp3) is 0.549. The number of amides is 8. The van der Waals surface area contributed by atoms with Crippen molar-refractivity contribution in [3.8, 4) is 22.5 Å². The number of fused-ring (bicyclic) bond motifs is 10. The van der Waals surface area contributed by atoms with Crippen LogP contribution in [0, 0.1) is 0 Å². The number of nitrogens with zero attached hydrogens (tertiary/aromatic N) is 10. The van der Waals surface area contributed by atoms with E-state index in [1.165, 1.54) is 60.3 Å². The van der Waals surface area contributed by atoms with E-state index in [2.05, 4.69) is 44.9 Å². The summed E-state index contributed by atoms with van der Waals surface area (Å²) in [6.07, 6.45) is 14.2. The first-order valence-electron chi connectivity index (χ1n) is 48.6. The standard InChI is InChI=1S/C37H43N5O8S.C29H31N3O6S.C13H22N2O5.C9H18N2O2.C8H14N2O3.C4H5ClO3.2CH4/c1-25(43)50-24-33(44)39-13-15-40(16-14-39)37(46)29-21-27-9-5-6-10-30(27)35-34(26-7-3-2-4-8-26)31-12-11-28(22-32(31)42(35)23-29)36(45)38-51(47,48)41-17-19-49-20-18-41;33-28(30-39(36,37)31-12-14-38-15-13-31)21-10-11-24-25(17-21)32-18-22(29(34)35)16-20-8-4-5-9-23(20)27(32)26(24)19-6-2-1-3-7-19;1-10(16)19-9-11(17)14-5-7-15(8-6-14)12(18)20-13(2,3)4;1-9(2,3)13-8(12)11-6-4-10-5-7-11;1-7(11)13-6-8(12)10-4-2-9-3-5-10;1-3(6)8-2-4(5)7;;/h5-6,9-12,21-22,26H,2-4,7-8,13-20,23-24H2,1H3,(H,38,45);4-5,8-11,16-17,19H,1-3,6-7,12-15,18H2,(H,30,33)(H,34,35);5-9H2,1-4H3;10H,4-7H2,1-3H3;9H,2-6H2,1H3;2H2,1H3;2*1H4. The van der Waals surface area contributed by atoms with Gasteiger partial charge in [-0.2, -0.15) is 25.4 Å². The summed E-state index contributed by atoms with van der Waals surface area (Å²) in [6, 6.07) is 26.5. The molecule has 10 aliphatic rings. The third-order valence-corrected chi connectivity index (χ3v) is 28.2. The van der Waals surface area contributed by atoms with Crippen LogP contribution in [0.25, 0.3) is 56.5 Å². The molecule has 4 aromatic carbocycles. The number of rotatable bonds is 18. The van der Waals surface area contributed by atoms with Gasteiger partial charge in [-0.05, 0) is 149 Å². The van der Waals surface area contributed by atoms with Crippen LogP contribution in [0.2, 0.25) is 0 Å². The van der Waals surface area contributed by atoms with Gasteiger partial charge in [-0.1, -0.05) is 114 Å². The lowest BCUT2D eigenvalue weighted by molar-refractivity contribution is -0.151. The minimum Gasteiger partial charge on any atom is -0.478 e. The van der Waals surface area contributed by atoms with Gasteiger partial charge in [0.15, 0.2) is 26.4 Å². The molecule has 41 nitrogen and oxygen atoms in total. The summed E-state index contributed by atoms with van der Waals surface area (Å²) >= 11 is 4.81. The molecule has 2 aromatic heterocycles. The molecule has 2 saturated carbocycles. The molecule has 800 valence electrons. The average Bonchev–Trinajstić information content (AvgIpc) is 1.57. The molecule has 0 radical (unpaired) electrons. The normalized spacial score (nSPS) is 17.3. The van der Waals surface area contributed by atoms with Crippen LogP contribution in [-0.2, 0) is 119 Å². The molecule has 0 atom stereocenters. The first-order chi connectivity index (χ1) is 68.4. The largest absolute Gasteiger partial charge is 0.478 e. The van der Waals surface area contributed by atoms with Gasteiger partial charge in [0.25, 0.3) is 40.7 Å². The summed E-state index contributed by atoms with van der Waals surface area (Å²) in [7, 11) is -8.09. The first-order valence-corrected chi connectivity index (χ1v) is 51.9. The van der Waals surface area contributed by atoms with Crippen LogP contribution in [0.15, 0.2) is 96.1 Å². The maximum atomic E-state index is 14.3. The average molecular weight is 2090 g/mol. The second kappa shape index (κ2) is 54.4. The SMILES string of the molecule is C.C.CC(=O)OCC(=O)Cl.CC(=O)OCC(=O)N1CCN(C(=O)C2=Cc3ccccc3-c3c(C4CCCCC4)c4ccc(C(=O)NS(=O)(=O)N5CCOCC5)cc4n3C2)CC1.CC(=O)OCC(=O)N1CCN(C(=O)OC(C)(C)C)CC1.CC(=O)OCC(=O)N1CCNCC1.CC(C)(C)OC(=O)N1CCNCC1.O=C(O)C1=Cc2ccccc2-c2c(C3CCCCC3)c3ccc(C(=O)NS(=O)(=O)N4CCOCC4)cc3n2C1. The number of benzene rings is 4. The van der Waals surface area contributed by atoms with Gasteiger partial charge >= 0.3 is 62.5 Å². The fourth-order valence-corrected chi connectivity index (χ4v) is 20.5. The molecule has 0 spiro atoms. The van der Waals surface area contributed by atoms with Crippen molar-refractivity contribution >= 4 is 149 Å². The maximum Gasteiger partial charge on any atom is 0.410 e. The van der Waals surface area contributed by atoms with Crippen molar-refractivity contribution in [2.45, 2.75) is 184 Å². The number of halogens is 1. The highest BCUT2D eigenvalue weighted by Crippen LogP contribution is 2.49. The summed E-state index contributed by atoms with van der Waals surface area (Å²) in [6.45, 7) is 26.4. The Morgan fingerprint density at radius 3 is 1.09 bits per heavy atom. The number of ether oxygens (including phenoxy) is 8. The van der Waals surface area contributed by atoms with Crippen molar-refractivity contribution in [3.63, 3.8) is 0 Å². The van der Waals surface area contributed by atoms with Gasteiger partial charge in [0.1, 0.15) is 11.2 Å². The van der Waals surface area contributed by atoms with Crippen molar-refractivity contribution in [2.24, 2.45) is 0 Å². The van der Waals surface area contributed by atoms with Crippen LogP contribution in [-0.4, -0.2) is 347 Å². The third-order valence-electron chi connectivity index (χ3n) is 25.1. The molecular formula is C102H141ClN14O27S2. The van der Waals surface area contributed by atoms with Crippen molar-refractivity contribution < 1.29 is 127 Å². The molecule has 2 aliphatic carbocycles. The molecule has 8 aliphatic heterocycles. The van der Waals surface area contributed by atoms with Crippen LogP contribution >= 0.6 is 11.6 Å². The fourth-order valence-electron chi connectivity index (χ4n) is 18.2. The Hall–Kier alpha value is -12.2. The van der Waals surface area contributed by atoms with E-state index in [0.717, 1.165) is 146 Å². The molecule has 44 heteroatoms. The lowest BCUT2D eigenvalue weighted by Gasteiger charge is -2.35. The number of aliphatic carboxylic acids is 1.